The van der Waals surface area contributed by atoms with Crippen LogP contribution < -0.4 is 0 Å². The lowest BCUT2D eigenvalue weighted by Crippen LogP contribution is -2.34. The predicted molar refractivity (Wildman–Crippen MR) is 116 cm³/mol. The maximum atomic E-state index is 12.1. The van der Waals surface area contributed by atoms with Crippen LogP contribution in [0.15, 0.2) is 17.7 Å². The second-order valence-corrected chi connectivity index (χ2v) is 8.86. The van der Waals surface area contributed by atoms with Crippen LogP contribution in [0.5, 0.6) is 5.75 Å². The molecule has 1 aromatic carbocycles. The van der Waals surface area contributed by atoms with Crippen molar-refractivity contribution >= 4 is 5.97 Å². The van der Waals surface area contributed by atoms with Gasteiger partial charge < -0.3 is 10.2 Å². The van der Waals surface area contributed by atoms with E-state index in [0.717, 1.165) is 68.1 Å². The van der Waals surface area contributed by atoms with Gasteiger partial charge in [-0.15, -0.1) is 0 Å². The Morgan fingerprint density at radius 3 is 2.46 bits per heavy atom. The third-order valence-corrected chi connectivity index (χ3v) is 6.57. The number of rotatable bonds is 9. The van der Waals surface area contributed by atoms with Crippen LogP contribution in [0.3, 0.4) is 0 Å². The summed E-state index contributed by atoms with van der Waals surface area (Å²) in [6.07, 6.45) is 11.7. The van der Waals surface area contributed by atoms with Gasteiger partial charge >= 0.3 is 5.97 Å². The topological polar surface area (TPSA) is 57.5 Å². The summed E-state index contributed by atoms with van der Waals surface area (Å²) < 4.78 is 0. The Morgan fingerprint density at radius 2 is 1.86 bits per heavy atom. The van der Waals surface area contributed by atoms with Gasteiger partial charge in [0.05, 0.1) is 0 Å². The number of aromatic carboxylic acids is 1. The third kappa shape index (κ3) is 4.61. The van der Waals surface area contributed by atoms with Crippen molar-refractivity contribution < 1.29 is 15.0 Å². The van der Waals surface area contributed by atoms with Crippen LogP contribution in [-0.2, 0) is 11.8 Å². The quantitative estimate of drug-likeness (QED) is 0.357. The van der Waals surface area contributed by atoms with Crippen molar-refractivity contribution in [3.63, 3.8) is 0 Å². The molecule has 2 N–H and O–H groups in total. The van der Waals surface area contributed by atoms with Gasteiger partial charge in [-0.3, -0.25) is 0 Å². The number of phenols is 1. The van der Waals surface area contributed by atoms with E-state index in [1.165, 1.54) is 5.57 Å². The maximum Gasteiger partial charge on any atom is 0.339 e. The lowest BCUT2D eigenvalue weighted by molar-refractivity contribution is 0.0692. The first-order valence-electron chi connectivity index (χ1n) is 11.0. The first kappa shape index (κ1) is 22.5. The molecule has 0 saturated carbocycles. The Kier molecular flexibility index (Phi) is 7.74. The van der Waals surface area contributed by atoms with Crippen LogP contribution in [0.1, 0.15) is 106 Å². The maximum absolute atomic E-state index is 12.1. The van der Waals surface area contributed by atoms with Gasteiger partial charge in [0.15, 0.2) is 0 Å². The van der Waals surface area contributed by atoms with E-state index >= 15 is 0 Å². The van der Waals surface area contributed by atoms with E-state index in [0.29, 0.717) is 12.3 Å². The molecular weight excluding hydrogens is 348 g/mol. The van der Waals surface area contributed by atoms with E-state index in [2.05, 4.69) is 33.8 Å². The number of hydrogen-bond acceptors (Lipinski definition) is 2. The minimum absolute atomic E-state index is 0.00560. The van der Waals surface area contributed by atoms with E-state index in [1.807, 2.05) is 13.0 Å². The molecule has 0 radical (unpaired) electrons. The van der Waals surface area contributed by atoms with Crippen molar-refractivity contribution in [1.82, 2.24) is 0 Å². The van der Waals surface area contributed by atoms with Gasteiger partial charge in [0.25, 0.3) is 0 Å². The average molecular weight is 387 g/mol. The fraction of sp³-hybridized carbons (Fsp3) is 0.640. The van der Waals surface area contributed by atoms with Crippen molar-refractivity contribution in [2.24, 2.45) is 5.92 Å². The van der Waals surface area contributed by atoms with Gasteiger partial charge in [-0.2, -0.15) is 0 Å². The second kappa shape index (κ2) is 9.62. The molecule has 0 aromatic heterocycles. The van der Waals surface area contributed by atoms with E-state index in [-0.39, 0.29) is 16.7 Å². The molecule has 2 rings (SSSR count). The lowest BCUT2D eigenvalue weighted by Gasteiger charge is -2.41. The van der Waals surface area contributed by atoms with E-state index in [1.54, 1.807) is 0 Å². The van der Waals surface area contributed by atoms with Gasteiger partial charge in [0, 0.05) is 11.0 Å². The normalized spacial score (nSPS) is 22.2. The third-order valence-electron chi connectivity index (χ3n) is 6.57. The molecule has 2 atom stereocenters. The van der Waals surface area contributed by atoms with Gasteiger partial charge in [-0.1, -0.05) is 64.2 Å². The van der Waals surface area contributed by atoms with Crippen molar-refractivity contribution in [2.45, 2.75) is 97.8 Å². The summed E-state index contributed by atoms with van der Waals surface area (Å²) in [6.45, 7) is 10.7. The molecule has 1 aliphatic rings. The zero-order chi connectivity index (χ0) is 20.9. The van der Waals surface area contributed by atoms with Crippen LogP contribution >= 0.6 is 0 Å². The molecule has 28 heavy (non-hydrogen) atoms. The fourth-order valence-corrected chi connectivity index (χ4v) is 5.13. The van der Waals surface area contributed by atoms with Gasteiger partial charge in [0.2, 0.25) is 0 Å². The minimum Gasteiger partial charge on any atom is -0.507 e. The van der Waals surface area contributed by atoms with E-state index in [4.69, 9.17) is 0 Å². The van der Waals surface area contributed by atoms with Crippen LogP contribution in [0, 0.1) is 12.8 Å². The zero-order valence-corrected chi connectivity index (χ0v) is 18.4. The van der Waals surface area contributed by atoms with Crippen LogP contribution in [0.4, 0.5) is 0 Å². The summed E-state index contributed by atoms with van der Waals surface area (Å²) in [5.74, 6) is -0.599. The number of hydrogen-bond donors (Lipinski definition) is 2. The molecule has 0 spiro atoms. The summed E-state index contributed by atoms with van der Waals surface area (Å²) in [5.41, 5.74) is 3.73. The minimum atomic E-state index is -1.02. The van der Waals surface area contributed by atoms with Crippen molar-refractivity contribution in [3.05, 3.63) is 40.0 Å². The van der Waals surface area contributed by atoms with Crippen LogP contribution in [0.25, 0.3) is 0 Å². The van der Waals surface area contributed by atoms with Crippen LogP contribution in [0.2, 0.25) is 0 Å². The number of carbonyl (C=O) groups is 1. The Hall–Kier alpha value is -1.77. The zero-order valence-electron chi connectivity index (χ0n) is 18.4. The largest absolute Gasteiger partial charge is 0.507 e. The molecule has 0 fully saturated rings. The Bertz CT molecular complexity index is 732. The highest BCUT2D eigenvalue weighted by Gasteiger charge is 2.40. The smallest absolute Gasteiger partial charge is 0.339 e. The molecule has 3 nitrogen and oxygen atoms in total. The molecule has 0 amide bonds. The highest BCUT2D eigenvalue weighted by atomic mass is 16.4. The first-order valence-corrected chi connectivity index (χ1v) is 11.0. The van der Waals surface area contributed by atoms with Crippen molar-refractivity contribution in [2.75, 3.05) is 0 Å². The van der Waals surface area contributed by atoms with Gasteiger partial charge in [-0.05, 0) is 63.0 Å². The molecule has 0 saturated heterocycles. The Balaban J connectivity index is 2.60. The standard InChI is InChI=1S/C25H38O3/c1-6-8-10-11-19-15-18(4)22(23(26)21(19)24(27)28)25(5)16-17(3)13-14-20(25)12-9-7-2/h15-16,20,26H,6-14H2,1-5H3,(H,27,28)/t20-,25+/m0/s1. The first-order chi connectivity index (χ1) is 13.3. The SMILES string of the molecule is CCCCCc1cc(C)c([C@]2(C)C=C(C)CC[C@@H]2CCCC)c(O)c1C(=O)O. The number of aryl methyl sites for hydroxylation is 2. The highest BCUT2D eigenvalue weighted by Crippen LogP contribution is 2.49. The van der Waals surface area contributed by atoms with Gasteiger partial charge in [0.1, 0.15) is 11.3 Å². The number of aromatic hydroxyl groups is 1. The van der Waals surface area contributed by atoms with Crippen molar-refractivity contribution in [3.8, 4) is 5.75 Å². The molecule has 0 aliphatic heterocycles. The number of unbranched alkanes of at least 4 members (excludes halogenated alkanes) is 3. The summed E-state index contributed by atoms with van der Waals surface area (Å²) in [5, 5.41) is 21.1. The summed E-state index contributed by atoms with van der Waals surface area (Å²) in [6, 6.07) is 2.02. The molecule has 1 aromatic rings. The molecule has 0 heterocycles. The molecule has 0 unspecified atom stereocenters. The molecular formula is C25H38O3. The fourth-order valence-electron chi connectivity index (χ4n) is 5.13. The molecule has 1 aliphatic carbocycles. The molecule has 156 valence electrons. The highest BCUT2D eigenvalue weighted by molar-refractivity contribution is 5.93. The molecule has 3 heteroatoms. The monoisotopic (exact) mass is 386 g/mol. The Morgan fingerprint density at radius 1 is 1.18 bits per heavy atom. The van der Waals surface area contributed by atoms with Crippen molar-refractivity contribution in [1.29, 1.82) is 0 Å². The number of allylic oxidation sites excluding steroid dienone is 2. The van der Waals surface area contributed by atoms with Gasteiger partial charge in [-0.25, -0.2) is 4.79 Å². The number of benzene rings is 1. The molecule has 0 bridgehead atoms. The van der Waals surface area contributed by atoms with E-state index in [9.17, 15) is 15.0 Å². The summed E-state index contributed by atoms with van der Waals surface area (Å²) in [7, 11) is 0. The Labute approximate surface area is 170 Å². The van der Waals surface area contributed by atoms with E-state index < -0.39 is 5.97 Å². The summed E-state index contributed by atoms with van der Waals surface area (Å²) in [4.78, 5) is 12.1. The average Bonchev–Trinajstić information content (AvgIpc) is 2.60. The summed E-state index contributed by atoms with van der Waals surface area (Å²) >= 11 is 0. The van der Waals surface area contributed by atoms with Crippen LogP contribution in [-0.4, -0.2) is 16.2 Å². The lowest BCUT2D eigenvalue weighted by atomic mass is 9.62. The number of carboxylic acid groups (broad SMARTS) is 1. The second-order valence-electron chi connectivity index (χ2n) is 8.86. The predicted octanol–water partition coefficient (Wildman–Crippen LogP) is 6.94. The number of carboxylic acids is 1.